The summed E-state index contributed by atoms with van der Waals surface area (Å²) in [6, 6.07) is 3.76. The van der Waals surface area contributed by atoms with Crippen LogP contribution < -0.4 is 0 Å². The Hall–Kier alpha value is -1.29. The second-order valence-corrected chi connectivity index (χ2v) is 4.57. The minimum Gasteiger partial charge on any atom is -0.456 e. The van der Waals surface area contributed by atoms with Gasteiger partial charge in [-0.1, -0.05) is 12.8 Å². The molecule has 0 spiro atoms. The molecule has 1 aliphatic carbocycles. The highest BCUT2D eigenvalue weighted by Crippen LogP contribution is 2.25. The molecule has 0 unspecified atom stereocenters. The third kappa shape index (κ3) is 2.69. The average Bonchev–Trinajstić information content (AvgIpc) is 2.95. The second kappa shape index (κ2) is 5.36. The van der Waals surface area contributed by atoms with Gasteiger partial charge < -0.3 is 14.4 Å². The maximum absolute atomic E-state index is 12.3. The first-order valence-corrected chi connectivity index (χ1v) is 6.20. The van der Waals surface area contributed by atoms with Crippen molar-refractivity contribution in [3.63, 3.8) is 0 Å². The third-order valence-electron chi connectivity index (χ3n) is 3.32. The topological polar surface area (TPSA) is 53.7 Å². The van der Waals surface area contributed by atoms with Crippen LogP contribution in [0.25, 0.3) is 0 Å². The normalized spacial score (nSPS) is 16.4. The number of hydrogen-bond acceptors (Lipinski definition) is 3. The van der Waals surface area contributed by atoms with Gasteiger partial charge in [-0.3, -0.25) is 4.79 Å². The monoisotopic (exact) mass is 237 g/mol. The third-order valence-corrected chi connectivity index (χ3v) is 3.32. The van der Waals surface area contributed by atoms with Gasteiger partial charge in [0.05, 0.1) is 6.61 Å². The molecule has 0 saturated heterocycles. The Labute approximate surface area is 101 Å². The fourth-order valence-electron chi connectivity index (χ4n) is 2.46. The van der Waals surface area contributed by atoms with Crippen molar-refractivity contribution in [3.8, 4) is 0 Å². The summed E-state index contributed by atoms with van der Waals surface area (Å²) in [5.74, 6) is 1.02. The summed E-state index contributed by atoms with van der Waals surface area (Å²) in [6.07, 6.45) is 4.39. The standard InChI is InChI=1S/C13H19NO3/c1-10-6-7-12(17-10)13(16)14(8-9-15)11-4-2-3-5-11/h6-7,11,15H,2-5,8-9H2,1H3. The van der Waals surface area contributed by atoms with Gasteiger partial charge in [0.1, 0.15) is 5.76 Å². The Morgan fingerprint density at radius 2 is 2.18 bits per heavy atom. The lowest BCUT2D eigenvalue weighted by atomic mass is 10.2. The van der Waals surface area contributed by atoms with Crippen molar-refractivity contribution in [1.82, 2.24) is 4.90 Å². The van der Waals surface area contributed by atoms with Crippen LogP contribution in [0, 0.1) is 6.92 Å². The molecule has 2 rings (SSSR count). The van der Waals surface area contributed by atoms with E-state index in [1.165, 1.54) is 0 Å². The Morgan fingerprint density at radius 1 is 1.47 bits per heavy atom. The molecule has 1 fully saturated rings. The van der Waals surface area contributed by atoms with Gasteiger partial charge in [0.15, 0.2) is 5.76 Å². The van der Waals surface area contributed by atoms with Crippen LogP contribution in [-0.4, -0.2) is 35.1 Å². The molecule has 4 nitrogen and oxygen atoms in total. The van der Waals surface area contributed by atoms with Crippen molar-refractivity contribution in [2.24, 2.45) is 0 Å². The minimum atomic E-state index is -0.0981. The number of carbonyl (C=O) groups excluding carboxylic acids is 1. The fraction of sp³-hybridized carbons (Fsp3) is 0.615. The van der Waals surface area contributed by atoms with Gasteiger partial charge in [0.2, 0.25) is 0 Å². The van der Waals surface area contributed by atoms with Gasteiger partial charge in [-0.2, -0.15) is 0 Å². The number of rotatable bonds is 4. The van der Waals surface area contributed by atoms with Crippen LogP contribution in [0.1, 0.15) is 42.0 Å². The molecule has 4 heteroatoms. The average molecular weight is 237 g/mol. The molecule has 1 aromatic rings. The van der Waals surface area contributed by atoms with Crippen molar-refractivity contribution in [3.05, 3.63) is 23.7 Å². The first kappa shape index (κ1) is 12.2. The minimum absolute atomic E-state index is 0.00192. The highest BCUT2D eigenvalue weighted by molar-refractivity contribution is 5.91. The van der Waals surface area contributed by atoms with E-state index in [4.69, 9.17) is 9.52 Å². The van der Waals surface area contributed by atoms with E-state index >= 15 is 0 Å². The number of amides is 1. The Kier molecular flexibility index (Phi) is 3.84. The highest BCUT2D eigenvalue weighted by Gasteiger charge is 2.28. The lowest BCUT2D eigenvalue weighted by Crippen LogP contribution is -2.40. The van der Waals surface area contributed by atoms with Crippen molar-refractivity contribution < 1.29 is 14.3 Å². The fourth-order valence-corrected chi connectivity index (χ4v) is 2.46. The molecule has 0 aromatic carbocycles. The predicted octanol–water partition coefficient (Wildman–Crippen LogP) is 1.97. The van der Waals surface area contributed by atoms with E-state index in [0.717, 1.165) is 31.4 Å². The second-order valence-electron chi connectivity index (χ2n) is 4.57. The van der Waals surface area contributed by atoms with Crippen LogP contribution in [0.3, 0.4) is 0 Å². The first-order chi connectivity index (χ1) is 8.22. The van der Waals surface area contributed by atoms with Crippen molar-refractivity contribution in [2.75, 3.05) is 13.2 Å². The largest absolute Gasteiger partial charge is 0.456 e. The zero-order valence-corrected chi connectivity index (χ0v) is 10.2. The molecule has 1 saturated carbocycles. The van der Waals surface area contributed by atoms with Crippen molar-refractivity contribution in [1.29, 1.82) is 0 Å². The van der Waals surface area contributed by atoms with Crippen LogP contribution in [-0.2, 0) is 0 Å². The molecule has 0 aliphatic heterocycles. The van der Waals surface area contributed by atoms with E-state index in [-0.39, 0.29) is 18.6 Å². The zero-order valence-electron chi connectivity index (χ0n) is 10.2. The number of nitrogens with zero attached hydrogens (tertiary/aromatic N) is 1. The SMILES string of the molecule is Cc1ccc(C(=O)N(CCO)C2CCCC2)o1. The number of aliphatic hydroxyl groups excluding tert-OH is 1. The molecule has 1 amide bonds. The Balaban J connectivity index is 2.12. The molecule has 0 atom stereocenters. The molecule has 0 radical (unpaired) electrons. The smallest absolute Gasteiger partial charge is 0.289 e. The van der Waals surface area contributed by atoms with E-state index in [2.05, 4.69) is 0 Å². The molecule has 0 bridgehead atoms. The number of aryl methyl sites for hydroxylation is 1. The summed E-state index contributed by atoms with van der Waals surface area (Å²) in [5, 5.41) is 9.07. The van der Waals surface area contributed by atoms with Gasteiger partial charge in [0.25, 0.3) is 5.91 Å². The lowest BCUT2D eigenvalue weighted by molar-refractivity contribution is 0.0604. The van der Waals surface area contributed by atoms with Gasteiger partial charge in [0, 0.05) is 12.6 Å². The van der Waals surface area contributed by atoms with Crippen LogP contribution in [0.4, 0.5) is 0 Å². The zero-order chi connectivity index (χ0) is 12.3. The van der Waals surface area contributed by atoms with Crippen molar-refractivity contribution in [2.45, 2.75) is 38.6 Å². The quantitative estimate of drug-likeness (QED) is 0.871. The molecular weight excluding hydrogens is 218 g/mol. The van der Waals surface area contributed by atoms with E-state index in [1.54, 1.807) is 17.0 Å². The van der Waals surface area contributed by atoms with E-state index in [0.29, 0.717) is 12.3 Å². The summed E-state index contributed by atoms with van der Waals surface area (Å²) >= 11 is 0. The van der Waals surface area contributed by atoms with E-state index < -0.39 is 0 Å². The number of hydrogen-bond donors (Lipinski definition) is 1. The summed E-state index contributed by atoms with van der Waals surface area (Å²) in [7, 11) is 0. The van der Waals surface area contributed by atoms with Crippen LogP contribution in [0.5, 0.6) is 0 Å². The summed E-state index contributed by atoms with van der Waals surface area (Å²) in [4.78, 5) is 14.0. The molecular formula is C13H19NO3. The maximum atomic E-state index is 12.3. The van der Waals surface area contributed by atoms with Gasteiger partial charge in [-0.15, -0.1) is 0 Å². The molecule has 94 valence electrons. The molecule has 1 aliphatic rings. The summed E-state index contributed by atoms with van der Waals surface area (Å²) < 4.78 is 5.36. The number of furan rings is 1. The van der Waals surface area contributed by atoms with Crippen LogP contribution in [0.15, 0.2) is 16.5 Å². The predicted molar refractivity (Wildman–Crippen MR) is 63.8 cm³/mol. The number of aliphatic hydroxyl groups is 1. The molecule has 17 heavy (non-hydrogen) atoms. The van der Waals surface area contributed by atoms with Gasteiger partial charge in [-0.25, -0.2) is 0 Å². The first-order valence-electron chi connectivity index (χ1n) is 6.20. The summed E-state index contributed by atoms with van der Waals surface area (Å²) in [5.41, 5.74) is 0. The molecule has 1 N–H and O–H groups in total. The van der Waals surface area contributed by atoms with Crippen LogP contribution in [0.2, 0.25) is 0 Å². The number of carbonyl (C=O) groups is 1. The van der Waals surface area contributed by atoms with Crippen molar-refractivity contribution >= 4 is 5.91 Å². The lowest BCUT2D eigenvalue weighted by Gasteiger charge is -2.27. The molecule has 1 aromatic heterocycles. The Morgan fingerprint density at radius 3 is 2.71 bits per heavy atom. The molecule has 1 heterocycles. The van der Waals surface area contributed by atoms with Gasteiger partial charge in [-0.05, 0) is 31.9 Å². The summed E-state index contributed by atoms with van der Waals surface area (Å²) in [6.45, 7) is 2.22. The highest BCUT2D eigenvalue weighted by atomic mass is 16.3. The van der Waals surface area contributed by atoms with Crippen LogP contribution >= 0.6 is 0 Å². The maximum Gasteiger partial charge on any atom is 0.289 e. The van der Waals surface area contributed by atoms with E-state index in [9.17, 15) is 4.79 Å². The van der Waals surface area contributed by atoms with Gasteiger partial charge >= 0.3 is 0 Å². The Bertz CT molecular complexity index is 380. The van der Waals surface area contributed by atoms with E-state index in [1.807, 2.05) is 6.92 Å².